The van der Waals surface area contributed by atoms with E-state index in [0.29, 0.717) is 0 Å². The number of hydrogen-bond donors (Lipinski definition) is 0. The number of halogens is 5. The van der Waals surface area contributed by atoms with Crippen molar-refractivity contribution in [2.45, 2.75) is 6.18 Å². The van der Waals surface area contributed by atoms with Crippen LogP contribution in [0.3, 0.4) is 0 Å². The average molecular weight is 359 g/mol. The lowest BCUT2D eigenvalue weighted by molar-refractivity contribution is -0.137. The van der Waals surface area contributed by atoms with Gasteiger partial charge in [0.05, 0.1) is 16.7 Å². The molecule has 2 nitrogen and oxygen atoms in total. The van der Waals surface area contributed by atoms with Crippen LogP contribution in [0.1, 0.15) is 21.5 Å². The lowest BCUT2D eigenvalue weighted by atomic mass is 10.0. The van der Waals surface area contributed by atoms with E-state index in [4.69, 9.17) is 16.9 Å². The molecule has 0 heterocycles. The van der Waals surface area contributed by atoms with Crippen LogP contribution >= 0.6 is 34.2 Å². The van der Waals surface area contributed by atoms with Gasteiger partial charge >= 0.3 is 6.18 Å². The largest absolute Gasteiger partial charge is 0.417 e. The molecule has 0 saturated carbocycles. The van der Waals surface area contributed by atoms with Crippen molar-refractivity contribution in [2.75, 3.05) is 0 Å². The summed E-state index contributed by atoms with van der Waals surface area (Å²) in [6.07, 6.45) is -4.69. The van der Waals surface area contributed by atoms with Gasteiger partial charge < -0.3 is 0 Å². The summed E-state index contributed by atoms with van der Waals surface area (Å²) in [5.74, 6) is 0. The van der Waals surface area contributed by atoms with Crippen LogP contribution in [0, 0.1) is 14.9 Å². The molecule has 7 heteroatoms. The highest BCUT2D eigenvalue weighted by Gasteiger charge is 2.35. The predicted molar refractivity (Wildman–Crippen MR) is 59.1 cm³/mol. The maximum atomic E-state index is 12.5. The fourth-order valence-electron chi connectivity index (χ4n) is 1.11. The van der Waals surface area contributed by atoms with E-state index < -0.39 is 28.1 Å². The van der Waals surface area contributed by atoms with E-state index in [1.165, 1.54) is 6.07 Å². The Bertz CT molecular complexity index is 493. The zero-order valence-electron chi connectivity index (χ0n) is 7.40. The zero-order chi connectivity index (χ0) is 12.5. The molecule has 0 aliphatic heterocycles. The summed E-state index contributed by atoms with van der Waals surface area (Å²) in [5.41, 5.74) is -2.32. The van der Waals surface area contributed by atoms with Crippen LogP contribution in [0.25, 0.3) is 0 Å². The summed E-state index contributed by atoms with van der Waals surface area (Å²) in [6.45, 7) is 0. The number of rotatable bonds is 1. The second kappa shape index (κ2) is 4.59. The Kier molecular flexibility index (Phi) is 3.80. The summed E-state index contributed by atoms with van der Waals surface area (Å²) < 4.78 is 37.8. The first kappa shape index (κ1) is 13.3. The van der Waals surface area contributed by atoms with Crippen molar-refractivity contribution < 1.29 is 18.0 Å². The number of carbonyl (C=O) groups is 1. The van der Waals surface area contributed by atoms with Gasteiger partial charge in [0.15, 0.2) is 0 Å². The van der Waals surface area contributed by atoms with E-state index in [0.717, 1.165) is 12.1 Å². The molecule has 0 radical (unpaired) electrons. The van der Waals surface area contributed by atoms with Crippen LogP contribution in [-0.2, 0) is 6.18 Å². The van der Waals surface area contributed by atoms with Gasteiger partial charge in [0, 0.05) is 3.57 Å². The molecule has 0 aliphatic rings. The van der Waals surface area contributed by atoms with E-state index >= 15 is 0 Å². The van der Waals surface area contributed by atoms with Gasteiger partial charge in [-0.25, -0.2) is 0 Å². The smallest absolute Gasteiger partial charge is 0.276 e. The number of nitrogens with zero attached hydrogens (tertiary/aromatic N) is 1. The third-order valence-electron chi connectivity index (χ3n) is 1.73. The van der Waals surface area contributed by atoms with Crippen molar-refractivity contribution in [1.82, 2.24) is 0 Å². The summed E-state index contributed by atoms with van der Waals surface area (Å²) in [4.78, 5) is 10.9. The molecule has 1 aromatic carbocycles. The highest BCUT2D eigenvalue weighted by molar-refractivity contribution is 14.1. The van der Waals surface area contributed by atoms with Gasteiger partial charge in [0.2, 0.25) is 0 Å². The standard InChI is InChI=1S/C9H2ClF3INO/c10-8(16)5-1-4(14)2-7(6(5)3-15)9(11,12)13/h1-2H. The van der Waals surface area contributed by atoms with Crippen molar-refractivity contribution >= 4 is 39.4 Å². The number of benzene rings is 1. The molecule has 1 aromatic rings. The fraction of sp³-hybridized carbons (Fsp3) is 0.111. The molecule has 16 heavy (non-hydrogen) atoms. The Morgan fingerprint density at radius 1 is 1.44 bits per heavy atom. The summed E-state index contributed by atoms with van der Waals surface area (Å²) in [6, 6.07) is 3.29. The van der Waals surface area contributed by atoms with Crippen LogP contribution in [0.2, 0.25) is 0 Å². The molecule has 84 valence electrons. The Hall–Kier alpha value is -0.810. The predicted octanol–water partition coefficient (Wildman–Crippen LogP) is 3.56. The maximum absolute atomic E-state index is 12.5. The van der Waals surface area contributed by atoms with E-state index in [9.17, 15) is 18.0 Å². The van der Waals surface area contributed by atoms with Crippen LogP contribution < -0.4 is 0 Å². The van der Waals surface area contributed by atoms with Crippen LogP contribution in [0.5, 0.6) is 0 Å². The highest BCUT2D eigenvalue weighted by atomic mass is 127. The SMILES string of the molecule is N#Cc1c(C(=O)Cl)cc(I)cc1C(F)(F)F. The lowest BCUT2D eigenvalue weighted by Crippen LogP contribution is -2.11. The zero-order valence-corrected chi connectivity index (χ0v) is 10.3. The first-order valence-electron chi connectivity index (χ1n) is 3.78. The van der Waals surface area contributed by atoms with Crippen molar-refractivity contribution in [1.29, 1.82) is 5.26 Å². The maximum Gasteiger partial charge on any atom is 0.417 e. The van der Waals surface area contributed by atoms with Gasteiger partial charge in [-0.05, 0) is 46.3 Å². The van der Waals surface area contributed by atoms with Crippen molar-refractivity contribution in [3.63, 3.8) is 0 Å². The second-order valence-corrected chi connectivity index (χ2v) is 4.35. The van der Waals surface area contributed by atoms with Gasteiger partial charge in [-0.3, -0.25) is 4.79 Å². The average Bonchev–Trinajstić information content (AvgIpc) is 2.14. The minimum atomic E-state index is -4.69. The van der Waals surface area contributed by atoms with E-state index in [2.05, 4.69) is 0 Å². The first-order valence-corrected chi connectivity index (χ1v) is 5.23. The third kappa shape index (κ3) is 2.65. The van der Waals surface area contributed by atoms with Crippen molar-refractivity contribution in [3.8, 4) is 6.07 Å². The first-order chi connectivity index (χ1) is 7.27. The van der Waals surface area contributed by atoms with Crippen molar-refractivity contribution in [2.24, 2.45) is 0 Å². The number of hydrogen-bond acceptors (Lipinski definition) is 2. The topological polar surface area (TPSA) is 40.9 Å². The molecule has 1 rings (SSSR count). The van der Waals surface area contributed by atoms with Crippen LogP contribution in [-0.4, -0.2) is 5.24 Å². The molecule has 0 amide bonds. The summed E-state index contributed by atoms with van der Waals surface area (Å²) in [5, 5.41) is 7.56. The Morgan fingerprint density at radius 3 is 2.38 bits per heavy atom. The summed E-state index contributed by atoms with van der Waals surface area (Å²) >= 11 is 6.74. The Labute approximate surface area is 107 Å². The number of nitriles is 1. The third-order valence-corrected chi connectivity index (χ3v) is 2.56. The molecule has 0 bridgehead atoms. The van der Waals surface area contributed by atoms with Gasteiger partial charge in [0.25, 0.3) is 5.24 Å². The molecular weight excluding hydrogens is 357 g/mol. The number of carbonyl (C=O) groups excluding carboxylic acids is 1. The fourth-order valence-corrected chi connectivity index (χ4v) is 1.88. The normalized spacial score (nSPS) is 11.0. The molecule has 0 unspecified atom stereocenters. The quantitative estimate of drug-likeness (QED) is 0.568. The van der Waals surface area contributed by atoms with Gasteiger partial charge in [0.1, 0.15) is 6.07 Å². The molecule has 0 aromatic heterocycles. The van der Waals surface area contributed by atoms with E-state index in [-0.39, 0.29) is 3.57 Å². The number of alkyl halides is 3. The Balaban J connectivity index is 3.63. The monoisotopic (exact) mass is 359 g/mol. The lowest BCUT2D eigenvalue weighted by Gasteiger charge is -2.11. The second-order valence-electron chi connectivity index (χ2n) is 2.76. The minimum absolute atomic E-state index is 0.188. The van der Waals surface area contributed by atoms with Gasteiger partial charge in [-0.1, -0.05) is 0 Å². The van der Waals surface area contributed by atoms with Crippen LogP contribution in [0.4, 0.5) is 13.2 Å². The van der Waals surface area contributed by atoms with Gasteiger partial charge in [-0.2, -0.15) is 18.4 Å². The molecule has 0 fully saturated rings. The molecule has 0 aliphatic carbocycles. The van der Waals surface area contributed by atoms with Crippen LogP contribution in [0.15, 0.2) is 12.1 Å². The molecule has 0 atom stereocenters. The van der Waals surface area contributed by atoms with E-state index in [1.807, 2.05) is 0 Å². The highest BCUT2D eigenvalue weighted by Crippen LogP contribution is 2.34. The van der Waals surface area contributed by atoms with Gasteiger partial charge in [-0.15, -0.1) is 0 Å². The molecule has 0 N–H and O–H groups in total. The van der Waals surface area contributed by atoms with Crippen molar-refractivity contribution in [3.05, 3.63) is 32.4 Å². The Morgan fingerprint density at radius 2 is 2.00 bits per heavy atom. The summed E-state index contributed by atoms with van der Waals surface area (Å²) in [7, 11) is 0. The molecule has 0 spiro atoms. The molecular formula is C9H2ClF3INO. The van der Waals surface area contributed by atoms with E-state index in [1.54, 1.807) is 22.6 Å². The minimum Gasteiger partial charge on any atom is -0.276 e. The molecule has 0 saturated heterocycles.